The van der Waals surface area contributed by atoms with Crippen molar-refractivity contribution in [2.24, 2.45) is 5.41 Å². The maximum atomic E-state index is 11.5. The highest BCUT2D eigenvalue weighted by Gasteiger charge is 2.25. The van der Waals surface area contributed by atoms with E-state index in [-0.39, 0.29) is 11.8 Å². The van der Waals surface area contributed by atoms with Gasteiger partial charge in [0.15, 0.2) is 0 Å². The van der Waals surface area contributed by atoms with Gasteiger partial charge in [0.05, 0.1) is 5.41 Å². The Bertz CT molecular complexity index is 262. The Kier molecular flexibility index (Phi) is 6.80. The van der Waals surface area contributed by atoms with Gasteiger partial charge in [-0.1, -0.05) is 0 Å². The maximum absolute atomic E-state index is 11.5. The molecule has 0 aromatic heterocycles. The van der Waals surface area contributed by atoms with Crippen LogP contribution in [0.1, 0.15) is 26.7 Å². The fourth-order valence-electron chi connectivity index (χ4n) is 1.41. The molecule has 17 heavy (non-hydrogen) atoms. The molecule has 0 radical (unpaired) electrons. The number of carbonyl (C=O) groups is 2. The zero-order valence-electron chi connectivity index (χ0n) is 11.6. The van der Waals surface area contributed by atoms with E-state index in [0.717, 1.165) is 13.0 Å². The normalized spacial score (nSPS) is 11.1. The number of carbonyl (C=O) groups excluding carboxylic acids is 2. The van der Waals surface area contributed by atoms with Crippen LogP contribution in [0.15, 0.2) is 0 Å². The number of nitrogens with one attached hydrogen (secondary N) is 2. The number of rotatable bonds is 7. The average Bonchev–Trinajstić information content (AvgIpc) is 2.26. The summed E-state index contributed by atoms with van der Waals surface area (Å²) in [5.41, 5.74) is -0.416. The Morgan fingerprint density at radius 1 is 1.24 bits per heavy atom. The van der Waals surface area contributed by atoms with E-state index in [1.165, 1.54) is 0 Å². The van der Waals surface area contributed by atoms with E-state index >= 15 is 0 Å². The van der Waals surface area contributed by atoms with E-state index in [0.29, 0.717) is 13.0 Å². The Balaban J connectivity index is 3.71. The Morgan fingerprint density at radius 3 is 2.29 bits per heavy atom. The van der Waals surface area contributed by atoms with Crippen molar-refractivity contribution in [1.29, 1.82) is 0 Å². The Labute approximate surface area is 104 Å². The van der Waals surface area contributed by atoms with Crippen LogP contribution < -0.4 is 10.6 Å². The molecule has 0 aliphatic heterocycles. The minimum Gasteiger partial charge on any atom is -0.359 e. The zero-order chi connectivity index (χ0) is 13.5. The lowest BCUT2D eigenvalue weighted by molar-refractivity contribution is -0.129. The van der Waals surface area contributed by atoms with Crippen LogP contribution in [-0.4, -0.2) is 50.9 Å². The van der Waals surface area contributed by atoms with Gasteiger partial charge in [-0.2, -0.15) is 0 Å². The van der Waals surface area contributed by atoms with Gasteiger partial charge in [0, 0.05) is 34.1 Å². The third-order valence-electron chi connectivity index (χ3n) is 2.65. The molecule has 0 heterocycles. The second-order valence-electron chi connectivity index (χ2n) is 5.03. The molecule has 0 spiro atoms. The minimum atomic E-state index is -0.416. The number of amides is 2. The van der Waals surface area contributed by atoms with Gasteiger partial charge >= 0.3 is 0 Å². The fraction of sp³-hybridized carbons (Fsp3) is 0.833. The summed E-state index contributed by atoms with van der Waals surface area (Å²) in [6.45, 7) is 5.15. The van der Waals surface area contributed by atoms with Crippen molar-refractivity contribution in [2.75, 3.05) is 34.2 Å². The summed E-state index contributed by atoms with van der Waals surface area (Å²) < 4.78 is 0. The van der Waals surface area contributed by atoms with Crippen LogP contribution in [0.5, 0.6) is 0 Å². The number of hydrogen-bond acceptors (Lipinski definition) is 3. The molecule has 0 aliphatic carbocycles. The number of hydrogen-bond donors (Lipinski definition) is 2. The lowest BCUT2D eigenvalue weighted by Gasteiger charge is -2.22. The van der Waals surface area contributed by atoms with E-state index in [1.807, 2.05) is 13.8 Å². The first-order valence-corrected chi connectivity index (χ1v) is 5.94. The standard InChI is InChI=1S/C12H25N3O2/c1-12(2,11(17)13-3)9-14-8-6-7-10(16)15(4)5/h14H,6-9H2,1-5H3,(H,13,17). The van der Waals surface area contributed by atoms with Crippen LogP contribution in [0, 0.1) is 5.41 Å². The van der Waals surface area contributed by atoms with Gasteiger partial charge in [0.25, 0.3) is 0 Å². The van der Waals surface area contributed by atoms with Crippen LogP contribution in [0.3, 0.4) is 0 Å². The molecule has 0 aliphatic rings. The van der Waals surface area contributed by atoms with Gasteiger partial charge in [0.2, 0.25) is 11.8 Å². The van der Waals surface area contributed by atoms with Gasteiger partial charge in [-0.05, 0) is 26.8 Å². The molecular formula is C12H25N3O2. The molecule has 100 valence electrons. The second kappa shape index (κ2) is 7.27. The summed E-state index contributed by atoms with van der Waals surface area (Å²) in [6.07, 6.45) is 1.33. The fourth-order valence-corrected chi connectivity index (χ4v) is 1.41. The Morgan fingerprint density at radius 2 is 1.82 bits per heavy atom. The third kappa shape index (κ3) is 6.26. The predicted octanol–water partition coefficient (Wildman–Crippen LogP) is 0.217. The van der Waals surface area contributed by atoms with Crippen LogP contribution in [0.4, 0.5) is 0 Å². The maximum Gasteiger partial charge on any atom is 0.226 e. The van der Waals surface area contributed by atoms with Crippen LogP contribution >= 0.6 is 0 Å². The van der Waals surface area contributed by atoms with Gasteiger partial charge < -0.3 is 15.5 Å². The number of nitrogens with zero attached hydrogens (tertiary/aromatic N) is 1. The van der Waals surface area contributed by atoms with Crippen LogP contribution in [-0.2, 0) is 9.59 Å². The topological polar surface area (TPSA) is 61.4 Å². The molecule has 0 saturated carbocycles. The first-order valence-electron chi connectivity index (χ1n) is 5.94. The monoisotopic (exact) mass is 243 g/mol. The van der Waals surface area contributed by atoms with E-state index in [9.17, 15) is 9.59 Å². The van der Waals surface area contributed by atoms with Crippen LogP contribution in [0.25, 0.3) is 0 Å². The smallest absolute Gasteiger partial charge is 0.226 e. The first kappa shape index (κ1) is 15.9. The highest BCUT2D eigenvalue weighted by atomic mass is 16.2. The van der Waals surface area contributed by atoms with Gasteiger partial charge in [-0.15, -0.1) is 0 Å². The van der Waals surface area contributed by atoms with E-state index < -0.39 is 5.41 Å². The van der Waals surface area contributed by atoms with Gasteiger partial charge in [-0.25, -0.2) is 0 Å². The first-order chi connectivity index (χ1) is 7.81. The summed E-state index contributed by atoms with van der Waals surface area (Å²) in [5.74, 6) is 0.159. The second-order valence-corrected chi connectivity index (χ2v) is 5.03. The van der Waals surface area contributed by atoms with Crippen LogP contribution in [0.2, 0.25) is 0 Å². The molecule has 0 atom stereocenters. The molecule has 2 amide bonds. The molecule has 5 nitrogen and oxygen atoms in total. The molecule has 0 aromatic rings. The minimum absolute atomic E-state index is 0.0226. The molecule has 0 aromatic carbocycles. The average molecular weight is 243 g/mol. The van der Waals surface area contributed by atoms with Crippen molar-refractivity contribution >= 4 is 11.8 Å². The molecule has 2 N–H and O–H groups in total. The Hall–Kier alpha value is -1.10. The van der Waals surface area contributed by atoms with Crippen molar-refractivity contribution in [3.8, 4) is 0 Å². The van der Waals surface area contributed by atoms with Crippen molar-refractivity contribution in [3.05, 3.63) is 0 Å². The van der Waals surface area contributed by atoms with Crippen molar-refractivity contribution in [3.63, 3.8) is 0 Å². The summed E-state index contributed by atoms with van der Waals surface area (Å²) in [4.78, 5) is 24.4. The van der Waals surface area contributed by atoms with E-state index in [4.69, 9.17) is 0 Å². The van der Waals surface area contributed by atoms with E-state index in [1.54, 1.807) is 26.0 Å². The van der Waals surface area contributed by atoms with Gasteiger partial charge in [-0.3, -0.25) is 9.59 Å². The van der Waals surface area contributed by atoms with E-state index in [2.05, 4.69) is 10.6 Å². The molecule has 5 heteroatoms. The molecule has 0 saturated heterocycles. The van der Waals surface area contributed by atoms with Crippen molar-refractivity contribution in [2.45, 2.75) is 26.7 Å². The summed E-state index contributed by atoms with van der Waals surface area (Å²) in [7, 11) is 5.15. The lowest BCUT2D eigenvalue weighted by atomic mass is 9.92. The summed E-state index contributed by atoms with van der Waals surface area (Å²) in [5, 5.41) is 5.84. The zero-order valence-corrected chi connectivity index (χ0v) is 11.6. The summed E-state index contributed by atoms with van der Waals surface area (Å²) >= 11 is 0. The third-order valence-corrected chi connectivity index (χ3v) is 2.65. The lowest BCUT2D eigenvalue weighted by Crippen LogP contribution is -2.42. The highest BCUT2D eigenvalue weighted by Crippen LogP contribution is 2.12. The largest absolute Gasteiger partial charge is 0.359 e. The summed E-state index contributed by atoms with van der Waals surface area (Å²) in [6, 6.07) is 0. The molecule has 0 fully saturated rings. The van der Waals surface area contributed by atoms with Crippen molar-refractivity contribution < 1.29 is 9.59 Å². The molecular weight excluding hydrogens is 218 g/mol. The molecule has 0 rings (SSSR count). The SMILES string of the molecule is CNC(=O)C(C)(C)CNCCCC(=O)N(C)C. The highest BCUT2D eigenvalue weighted by molar-refractivity contribution is 5.81. The quantitative estimate of drug-likeness (QED) is 0.629. The van der Waals surface area contributed by atoms with Gasteiger partial charge in [0.1, 0.15) is 0 Å². The molecule has 0 unspecified atom stereocenters. The predicted molar refractivity (Wildman–Crippen MR) is 68.6 cm³/mol. The van der Waals surface area contributed by atoms with Crippen molar-refractivity contribution in [1.82, 2.24) is 15.5 Å². The molecule has 0 bridgehead atoms.